The van der Waals surface area contributed by atoms with Crippen molar-refractivity contribution in [2.75, 3.05) is 0 Å². The van der Waals surface area contributed by atoms with Gasteiger partial charge < -0.3 is 0 Å². The van der Waals surface area contributed by atoms with Crippen LogP contribution in [-0.2, 0) is 6.42 Å². The maximum atomic E-state index is 4.24. The first-order valence-corrected chi connectivity index (χ1v) is 4.03. The highest BCUT2D eigenvalue weighted by Crippen LogP contribution is 2.12. The van der Waals surface area contributed by atoms with Crippen LogP contribution in [0.25, 0.3) is 10.9 Å². The van der Waals surface area contributed by atoms with Crippen LogP contribution in [0.3, 0.4) is 0 Å². The molecular formula is C11H11N+. The van der Waals surface area contributed by atoms with Gasteiger partial charge in [-0.3, -0.25) is 4.98 Å². The molecule has 0 bridgehead atoms. The molecule has 1 aromatic heterocycles. The molecule has 0 saturated carbocycles. The zero-order valence-corrected chi connectivity index (χ0v) is 6.83. The number of benzene rings is 1. The fourth-order valence-electron chi connectivity index (χ4n) is 1.28. The van der Waals surface area contributed by atoms with E-state index in [4.69, 9.17) is 0 Å². The average molecular weight is 157 g/mol. The highest BCUT2D eigenvalue weighted by Gasteiger charge is 1.93. The zero-order chi connectivity index (χ0) is 8.39. The van der Waals surface area contributed by atoms with Crippen LogP contribution in [0.5, 0.6) is 0 Å². The minimum atomic E-state index is 0. The van der Waals surface area contributed by atoms with E-state index >= 15 is 0 Å². The number of rotatable bonds is 1. The molecule has 0 aliphatic rings. The summed E-state index contributed by atoms with van der Waals surface area (Å²) in [6.45, 7) is 3.84. The molecule has 1 radical (unpaired) electrons. The molecule has 12 heavy (non-hydrogen) atoms. The molecule has 0 N–H and O–H groups in total. The number of hydrogen-bond donors (Lipinski definition) is 0. The summed E-state index contributed by atoms with van der Waals surface area (Å²) in [5.41, 5.74) is 2.31. The quantitative estimate of drug-likeness (QED) is 0.620. The van der Waals surface area contributed by atoms with Crippen molar-refractivity contribution in [1.29, 1.82) is 0 Å². The number of aromatic nitrogens is 1. The molecule has 2 rings (SSSR count). The Morgan fingerprint density at radius 1 is 1.33 bits per heavy atom. The second kappa shape index (κ2) is 2.94. The topological polar surface area (TPSA) is 12.9 Å². The molecule has 1 nitrogen and oxygen atoms in total. The van der Waals surface area contributed by atoms with Gasteiger partial charge in [0.05, 0.1) is 5.52 Å². The van der Waals surface area contributed by atoms with Gasteiger partial charge in [0.25, 0.3) is 0 Å². The molecule has 59 valence electrons. The summed E-state index contributed by atoms with van der Waals surface area (Å²) in [6.07, 6.45) is 2.65. The monoisotopic (exact) mass is 157 g/mol. The lowest BCUT2D eigenvalue weighted by Crippen LogP contribution is -1.81. The van der Waals surface area contributed by atoms with Crippen molar-refractivity contribution in [1.82, 2.24) is 4.98 Å². The van der Waals surface area contributed by atoms with E-state index in [1.54, 1.807) is 0 Å². The summed E-state index contributed by atoms with van der Waals surface area (Å²) >= 11 is 0. The second-order valence-electron chi connectivity index (χ2n) is 2.78. The molecule has 0 aliphatic heterocycles. The molecule has 0 fully saturated rings. The van der Waals surface area contributed by atoms with E-state index in [0.717, 1.165) is 11.9 Å². The lowest BCUT2D eigenvalue weighted by Gasteiger charge is -1.98. The van der Waals surface area contributed by atoms with Crippen molar-refractivity contribution in [3.8, 4) is 0 Å². The molecule has 2 aromatic rings. The minimum absolute atomic E-state index is 0. The van der Waals surface area contributed by atoms with Crippen LogP contribution >= 0.6 is 0 Å². The third-order valence-corrected chi connectivity index (χ3v) is 1.96. The van der Waals surface area contributed by atoms with Crippen molar-refractivity contribution in [2.24, 2.45) is 0 Å². The van der Waals surface area contributed by atoms with Gasteiger partial charge in [-0.05, 0) is 37.1 Å². The third-order valence-electron chi connectivity index (χ3n) is 1.96. The molecule has 0 atom stereocenters. The van der Waals surface area contributed by atoms with Gasteiger partial charge in [-0.2, -0.15) is 0 Å². The molecule has 0 unspecified atom stereocenters. The molecule has 0 saturated heterocycles. The van der Waals surface area contributed by atoms with Gasteiger partial charge >= 0.3 is 1.43 Å². The Morgan fingerprint density at radius 3 is 3.08 bits per heavy atom. The van der Waals surface area contributed by atoms with Gasteiger partial charge in [-0.15, -0.1) is 0 Å². The van der Waals surface area contributed by atoms with Crippen molar-refractivity contribution in [3.63, 3.8) is 0 Å². The smallest absolute Gasteiger partial charge is 0.256 e. The number of fused-ring (bicyclic) bond motifs is 1. The summed E-state index contributed by atoms with van der Waals surface area (Å²) in [5, 5.41) is 1.19. The van der Waals surface area contributed by atoms with E-state index < -0.39 is 0 Å². The molecule has 0 amide bonds. The fraction of sp³-hybridized carbons (Fsp3) is 0.0909. The van der Waals surface area contributed by atoms with Crippen molar-refractivity contribution < 1.29 is 1.43 Å². The van der Waals surface area contributed by atoms with E-state index in [0.29, 0.717) is 0 Å². The van der Waals surface area contributed by atoms with E-state index in [1.165, 1.54) is 10.9 Å². The maximum Gasteiger partial charge on any atom is 1.00 e. The fourth-order valence-corrected chi connectivity index (χ4v) is 1.28. The number of nitrogens with zero attached hydrogens (tertiary/aromatic N) is 1. The Labute approximate surface area is 73.5 Å². The van der Waals surface area contributed by atoms with Crippen molar-refractivity contribution in [3.05, 3.63) is 49.0 Å². The standard InChI is InChI=1S/C11H10N/c1-2-9-5-6-11-10(8-9)4-3-7-12-11/h3-8H,1-2H2/p+1. The Bertz CT molecular complexity index is 398. The Morgan fingerprint density at radius 2 is 2.25 bits per heavy atom. The van der Waals surface area contributed by atoms with Gasteiger partial charge in [0.15, 0.2) is 0 Å². The largest absolute Gasteiger partial charge is 1.00 e. The predicted octanol–water partition coefficient (Wildman–Crippen LogP) is 2.72. The average Bonchev–Trinajstić information content (AvgIpc) is 2.17. The van der Waals surface area contributed by atoms with Gasteiger partial charge in [-0.1, -0.05) is 12.1 Å². The highest BCUT2D eigenvalue weighted by atomic mass is 14.6. The Hall–Kier alpha value is -1.37. The third kappa shape index (κ3) is 1.18. The van der Waals surface area contributed by atoms with Crippen LogP contribution in [0.4, 0.5) is 0 Å². The van der Waals surface area contributed by atoms with Crippen LogP contribution in [0.15, 0.2) is 36.5 Å². The first-order valence-electron chi connectivity index (χ1n) is 4.03. The molecule has 1 heterocycles. The van der Waals surface area contributed by atoms with Crippen LogP contribution < -0.4 is 0 Å². The minimum Gasteiger partial charge on any atom is -0.256 e. The van der Waals surface area contributed by atoms with Gasteiger partial charge in [0, 0.05) is 11.6 Å². The normalized spacial score (nSPS) is 10.4. The van der Waals surface area contributed by atoms with Crippen LogP contribution in [-0.4, -0.2) is 4.98 Å². The SMILES string of the molecule is [CH2]Cc1ccc2ncccc2c1.[H+]. The second-order valence-corrected chi connectivity index (χ2v) is 2.78. The molecule has 0 aliphatic carbocycles. The first kappa shape index (κ1) is 7.29. The van der Waals surface area contributed by atoms with E-state index in [2.05, 4.69) is 30.1 Å². The molecule has 1 heteroatoms. The summed E-state index contributed by atoms with van der Waals surface area (Å²) in [6, 6.07) is 10.3. The summed E-state index contributed by atoms with van der Waals surface area (Å²) < 4.78 is 0. The predicted molar refractivity (Wildman–Crippen MR) is 51.9 cm³/mol. The molecule has 1 aromatic carbocycles. The van der Waals surface area contributed by atoms with Gasteiger partial charge in [0.2, 0.25) is 0 Å². The Kier molecular flexibility index (Phi) is 1.78. The van der Waals surface area contributed by atoms with E-state index in [-0.39, 0.29) is 1.43 Å². The lowest BCUT2D eigenvalue weighted by molar-refractivity contribution is 1.28. The maximum absolute atomic E-state index is 4.24. The first-order chi connectivity index (χ1) is 5.90. The summed E-state index contributed by atoms with van der Waals surface area (Å²) in [7, 11) is 0. The summed E-state index contributed by atoms with van der Waals surface area (Å²) in [4.78, 5) is 4.24. The zero-order valence-electron chi connectivity index (χ0n) is 7.83. The van der Waals surface area contributed by atoms with Crippen LogP contribution in [0, 0.1) is 6.92 Å². The molecular weight excluding hydrogens is 146 g/mol. The van der Waals surface area contributed by atoms with Crippen molar-refractivity contribution >= 4 is 10.9 Å². The van der Waals surface area contributed by atoms with Crippen LogP contribution in [0.2, 0.25) is 0 Å². The van der Waals surface area contributed by atoms with Crippen LogP contribution in [0.1, 0.15) is 6.99 Å². The lowest BCUT2D eigenvalue weighted by atomic mass is 10.1. The Balaban J connectivity index is 0.000000845. The summed E-state index contributed by atoms with van der Waals surface area (Å²) in [5.74, 6) is 0. The number of hydrogen-bond acceptors (Lipinski definition) is 1. The van der Waals surface area contributed by atoms with Gasteiger partial charge in [0.1, 0.15) is 0 Å². The molecule has 0 spiro atoms. The number of pyridine rings is 1. The van der Waals surface area contributed by atoms with E-state index in [1.807, 2.05) is 18.3 Å². The van der Waals surface area contributed by atoms with Crippen molar-refractivity contribution in [2.45, 2.75) is 6.42 Å². The van der Waals surface area contributed by atoms with Gasteiger partial charge in [-0.25, -0.2) is 0 Å². The highest BCUT2D eigenvalue weighted by molar-refractivity contribution is 5.78. The van der Waals surface area contributed by atoms with E-state index in [9.17, 15) is 0 Å².